The van der Waals surface area contributed by atoms with E-state index in [0.29, 0.717) is 29.8 Å². The fourth-order valence-electron chi connectivity index (χ4n) is 2.00. The van der Waals surface area contributed by atoms with Crippen molar-refractivity contribution >= 4 is 5.96 Å². The topological polar surface area (TPSA) is 78.1 Å². The van der Waals surface area contributed by atoms with Crippen molar-refractivity contribution in [1.29, 1.82) is 0 Å². The molecule has 0 saturated carbocycles. The molecule has 1 aromatic carbocycles. The molecule has 6 heteroatoms. The Labute approximate surface area is 106 Å². The van der Waals surface area contributed by atoms with Crippen LogP contribution in [0.2, 0.25) is 0 Å². The van der Waals surface area contributed by atoms with Gasteiger partial charge in [-0.05, 0) is 0 Å². The maximum Gasteiger partial charge on any atom is 0.189 e. The average Bonchev–Trinajstić information content (AvgIpc) is 2.83. The molecule has 1 heterocycles. The largest absolute Gasteiger partial charge is 0.496 e. The third-order valence-corrected chi connectivity index (χ3v) is 2.87. The Kier molecular flexibility index (Phi) is 3.45. The van der Waals surface area contributed by atoms with E-state index in [1.807, 2.05) is 12.1 Å². The predicted octanol–water partition coefficient (Wildman–Crippen LogP) is 0.671. The fourth-order valence-corrected chi connectivity index (χ4v) is 2.00. The molecule has 18 heavy (non-hydrogen) atoms. The second-order valence-electron chi connectivity index (χ2n) is 3.87. The Morgan fingerprint density at radius 3 is 2.17 bits per heavy atom. The van der Waals surface area contributed by atoms with Crippen LogP contribution in [0.4, 0.5) is 0 Å². The minimum atomic E-state index is -0.0409. The number of hydrogen-bond acceptors (Lipinski definition) is 6. The van der Waals surface area contributed by atoms with Gasteiger partial charge in [0, 0.05) is 12.1 Å². The van der Waals surface area contributed by atoms with Gasteiger partial charge in [0.2, 0.25) is 0 Å². The van der Waals surface area contributed by atoms with Crippen molar-refractivity contribution in [1.82, 2.24) is 5.32 Å². The molecule has 6 nitrogen and oxygen atoms in total. The Morgan fingerprint density at radius 1 is 1.17 bits per heavy atom. The number of nitrogens with two attached hydrogens (primary N) is 1. The molecule has 0 aromatic heterocycles. The zero-order valence-electron chi connectivity index (χ0n) is 10.7. The fraction of sp³-hybridized carbons (Fsp3) is 0.417. The van der Waals surface area contributed by atoms with Crippen LogP contribution in [0.15, 0.2) is 17.1 Å². The lowest BCUT2D eigenvalue weighted by Crippen LogP contribution is -2.30. The second kappa shape index (κ2) is 5.03. The van der Waals surface area contributed by atoms with E-state index < -0.39 is 0 Å². The van der Waals surface area contributed by atoms with Gasteiger partial charge in [0.1, 0.15) is 17.2 Å². The molecule has 3 N–H and O–H groups in total. The van der Waals surface area contributed by atoms with Gasteiger partial charge >= 0.3 is 0 Å². The van der Waals surface area contributed by atoms with Crippen LogP contribution < -0.4 is 25.3 Å². The van der Waals surface area contributed by atoms with Crippen molar-refractivity contribution in [2.75, 3.05) is 27.9 Å². The summed E-state index contributed by atoms with van der Waals surface area (Å²) in [6.45, 7) is 0.560. The number of guanidine groups is 1. The number of rotatable bonds is 4. The summed E-state index contributed by atoms with van der Waals surface area (Å²) in [6, 6.07) is 3.59. The zero-order valence-corrected chi connectivity index (χ0v) is 10.7. The molecule has 0 spiro atoms. The number of benzene rings is 1. The van der Waals surface area contributed by atoms with Crippen molar-refractivity contribution in [2.45, 2.75) is 6.04 Å². The van der Waals surface area contributed by atoms with Gasteiger partial charge in [-0.1, -0.05) is 0 Å². The molecule has 0 aliphatic carbocycles. The van der Waals surface area contributed by atoms with E-state index >= 15 is 0 Å². The molecule has 1 aliphatic rings. The summed E-state index contributed by atoms with van der Waals surface area (Å²) in [4.78, 5) is 4.13. The lowest BCUT2D eigenvalue weighted by molar-refractivity contribution is 0.363. The van der Waals surface area contributed by atoms with Crippen LogP contribution in [-0.4, -0.2) is 33.8 Å². The number of nitrogens with zero attached hydrogens (tertiary/aromatic N) is 1. The standard InChI is InChI=1S/C12H17N3O3/c1-16-7-4-9(17-2)11(10(5-7)18-3)8-6-14-12(13)15-8/h4-5,8H,6H2,1-3H3,(H3,13,14,15). The van der Waals surface area contributed by atoms with Crippen LogP contribution in [0, 0.1) is 0 Å². The molecule has 0 fully saturated rings. The van der Waals surface area contributed by atoms with Crippen molar-refractivity contribution in [3.05, 3.63) is 17.7 Å². The van der Waals surface area contributed by atoms with Gasteiger partial charge in [-0.2, -0.15) is 0 Å². The van der Waals surface area contributed by atoms with Crippen molar-refractivity contribution < 1.29 is 14.2 Å². The summed E-state index contributed by atoms with van der Waals surface area (Å²) in [6.07, 6.45) is 0. The van der Waals surface area contributed by atoms with E-state index in [9.17, 15) is 0 Å². The average molecular weight is 251 g/mol. The minimum Gasteiger partial charge on any atom is -0.496 e. The van der Waals surface area contributed by atoms with Crippen molar-refractivity contribution in [2.24, 2.45) is 10.7 Å². The Balaban J connectivity index is 2.44. The van der Waals surface area contributed by atoms with E-state index in [1.165, 1.54) is 0 Å². The highest BCUT2D eigenvalue weighted by atomic mass is 16.5. The van der Waals surface area contributed by atoms with Gasteiger partial charge in [-0.3, -0.25) is 4.99 Å². The maximum absolute atomic E-state index is 5.63. The number of hydrogen-bond donors (Lipinski definition) is 2. The molecule has 0 radical (unpaired) electrons. The first-order valence-electron chi connectivity index (χ1n) is 5.56. The van der Waals surface area contributed by atoms with Gasteiger partial charge in [0.05, 0.1) is 39.5 Å². The Morgan fingerprint density at radius 2 is 1.78 bits per heavy atom. The van der Waals surface area contributed by atoms with Crippen LogP contribution in [0.3, 0.4) is 0 Å². The number of nitrogens with one attached hydrogen (secondary N) is 1. The first-order valence-corrected chi connectivity index (χ1v) is 5.56. The van der Waals surface area contributed by atoms with Crippen LogP contribution in [0.25, 0.3) is 0 Å². The molecule has 0 saturated heterocycles. The second-order valence-corrected chi connectivity index (χ2v) is 3.87. The summed E-state index contributed by atoms with van der Waals surface area (Å²) >= 11 is 0. The maximum atomic E-state index is 5.63. The quantitative estimate of drug-likeness (QED) is 0.822. The van der Waals surface area contributed by atoms with E-state index in [4.69, 9.17) is 19.9 Å². The lowest BCUT2D eigenvalue weighted by Gasteiger charge is -2.19. The van der Waals surface area contributed by atoms with Gasteiger partial charge in [-0.25, -0.2) is 0 Å². The van der Waals surface area contributed by atoms with E-state index in [2.05, 4.69) is 10.3 Å². The van der Waals surface area contributed by atoms with Gasteiger partial charge in [0.15, 0.2) is 5.96 Å². The molecule has 0 bridgehead atoms. The molecule has 98 valence electrons. The highest BCUT2D eigenvalue weighted by Gasteiger charge is 2.25. The molecular weight excluding hydrogens is 234 g/mol. The monoisotopic (exact) mass is 251 g/mol. The Hall–Kier alpha value is -2.11. The molecule has 1 atom stereocenters. The van der Waals surface area contributed by atoms with Crippen LogP contribution in [0.5, 0.6) is 17.2 Å². The molecule has 2 rings (SSSR count). The highest BCUT2D eigenvalue weighted by molar-refractivity contribution is 5.80. The molecule has 1 unspecified atom stereocenters. The number of ether oxygens (including phenoxy) is 3. The van der Waals surface area contributed by atoms with E-state index in [1.54, 1.807) is 21.3 Å². The third kappa shape index (κ3) is 2.13. The zero-order chi connectivity index (χ0) is 13.1. The lowest BCUT2D eigenvalue weighted by atomic mass is 10.0. The van der Waals surface area contributed by atoms with Crippen molar-refractivity contribution in [3.63, 3.8) is 0 Å². The smallest absolute Gasteiger partial charge is 0.189 e. The van der Waals surface area contributed by atoms with Gasteiger partial charge < -0.3 is 25.3 Å². The molecule has 1 aliphatic heterocycles. The predicted molar refractivity (Wildman–Crippen MR) is 68.5 cm³/mol. The van der Waals surface area contributed by atoms with Crippen LogP contribution in [0.1, 0.15) is 11.6 Å². The van der Waals surface area contributed by atoms with E-state index in [-0.39, 0.29) is 6.04 Å². The third-order valence-electron chi connectivity index (χ3n) is 2.87. The normalized spacial score (nSPS) is 17.9. The summed E-state index contributed by atoms with van der Waals surface area (Å²) in [5.74, 6) is 2.49. The highest BCUT2D eigenvalue weighted by Crippen LogP contribution is 2.39. The van der Waals surface area contributed by atoms with Crippen LogP contribution >= 0.6 is 0 Å². The number of methoxy groups -OCH3 is 3. The summed E-state index contributed by atoms with van der Waals surface area (Å²) in [5, 5.41) is 3.08. The van der Waals surface area contributed by atoms with Gasteiger partial charge in [-0.15, -0.1) is 0 Å². The first kappa shape index (κ1) is 12.3. The van der Waals surface area contributed by atoms with Crippen molar-refractivity contribution in [3.8, 4) is 17.2 Å². The molecule has 1 aromatic rings. The first-order chi connectivity index (χ1) is 8.69. The summed E-state index contributed by atoms with van der Waals surface area (Å²) < 4.78 is 16.0. The minimum absolute atomic E-state index is 0.0409. The SMILES string of the molecule is COc1cc(OC)c(C2CN=C(N)N2)c(OC)c1. The summed E-state index contributed by atoms with van der Waals surface area (Å²) in [5.41, 5.74) is 6.53. The number of aliphatic imine (C=N–C) groups is 1. The van der Waals surface area contributed by atoms with Crippen LogP contribution in [-0.2, 0) is 0 Å². The summed E-state index contributed by atoms with van der Waals surface area (Å²) in [7, 11) is 4.82. The van der Waals surface area contributed by atoms with E-state index in [0.717, 1.165) is 5.56 Å². The molecular formula is C12H17N3O3. The van der Waals surface area contributed by atoms with Gasteiger partial charge in [0.25, 0.3) is 0 Å². The molecule has 0 amide bonds. The Bertz CT molecular complexity index is 449.